The molecule has 155 valence electrons. The molecule has 0 atom stereocenters. The third-order valence-electron chi connectivity index (χ3n) is 5.91. The Morgan fingerprint density at radius 1 is 1.10 bits per heavy atom. The molecule has 0 spiro atoms. The van der Waals surface area contributed by atoms with Gasteiger partial charge in [-0.1, -0.05) is 38.3 Å². The van der Waals surface area contributed by atoms with Crippen molar-refractivity contribution in [1.82, 2.24) is 9.97 Å². The van der Waals surface area contributed by atoms with Crippen molar-refractivity contribution in [2.45, 2.75) is 65.2 Å². The Labute approximate surface area is 174 Å². The molecule has 5 heteroatoms. The van der Waals surface area contributed by atoms with Crippen LogP contribution >= 0.6 is 0 Å². The van der Waals surface area contributed by atoms with E-state index < -0.39 is 0 Å². The van der Waals surface area contributed by atoms with Crippen molar-refractivity contribution in [1.29, 1.82) is 0 Å². The minimum atomic E-state index is -0.160. The number of hydrogen-bond donors (Lipinski definition) is 1. The van der Waals surface area contributed by atoms with E-state index >= 15 is 0 Å². The first kappa shape index (κ1) is 21.3. The lowest BCUT2D eigenvalue weighted by Crippen LogP contribution is -2.34. The highest BCUT2D eigenvalue weighted by Gasteiger charge is 2.22. The Hall–Kier alpha value is -2.43. The topological polar surface area (TPSA) is 66.3 Å². The van der Waals surface area contributed by atoms with Crippen LogP contribution in [-0.4, -0.2) is 34.5 Å². The molecule has 0 amide bonds. The van der Waals surface area contributed by atoms with Crippen LogP contribution in [-0.2, 0) is 17.6 Å². The van der Waals surface area contributed by atoms with Crippen LogP contribution < -0.4 is 4.90 Å². The fourth-order valence-corrected chi connectivity index (χ4v) is 4.07. The molecule has 1 fully saturated rings. The average molecular weight is 395 g/mol. The second-order valence-electron chi connectivity index (χ2n) is 8.14. The zero-order valence-corrected chi connectivity index (χ0v) is 17.7. The highest BCUT2D eigenvalue weighted by molar-refractivity contribution is 5.76. The highest BCUT2D eigenvalue weighted by Crippen LogP contribution is 2.26. The van der Waals surface area contributed by atoms with E-state index in [9.17, 15) is 9.90 Å². The molecule has 1 N–H and O–H groups in total. The minimum Gasteiger partial charge on any atom is -0.504 e. The first-order chi connectivity index (χ1) is 14.1. The second-order valence-corrected chi connectivity index (χ2v) is 8.14. The van der Waals surface area contributed by atoms with Crippen LogP contribution in [0.5, 0.6) is 5.75 Å². The molecule has 2 heterocycles. The van der Waals surface area contributed by atoms with E-state index in [1.54, 1.807) is 13.2 Å². The largest absolute Gasteiger partial charge is 0.504 e. The molecule has 0 saturated carbocycles. The molecule has 1 aromatic heterocycles. The van der Waals surface area contributed by atoms with Crippen LogP contribution in [0, 0.1) is 12.8 Å². The highest BCUT2D eigenvalue weighted by atomic mass is 16.3. The molecule has 0 unspecified atom stereocenters. The van der Waals surface area contributed by atoms with Crippen LogP contribution in [0.15, 0.2) is 24.3 Å². The maximum Gasteiger partial charge on any atom is 0.257 e. The van der Waals surface area contributed by atoms with Gasteiger partial charge in [0.1, 0.15) is 5.82 Å². The standard InChI is InChI=1S/C24H32N3O2/c1-3-4-5-6-7-19-8-10-21(11-9-19)27-14-12-20(13-15-27)16-23-25-18(2)24(29)22(17-28)26-23/h8-11,20,29H,3-7,12-16H2,1-2H3. The first-order valence-electron chi connectivity index (χ1n) is 10.9. The molecule has 0 aliphatic carbocycles. The molecule has 1 saturated heterocycles. The van der Waals surface area contributed by atoms with Gasteiger partial charge < -0.3 is 10.0 Å². The van der Waals surface area contributed by atoms with Gasteiger partial charge in [-0.2, -0.15) is 0 Å². The van der Waals surface area contributed by atoms with Gasteiger partial charge in [0, 0.05) is 25.2 Å². The van der Waals surface area contributed by atoms with Crippen molar-refractivity contribution in [2.75, 3.05) is 18.0 Å². The van der Waals surface area contributed by atoms with Crippen LogP contribution in [0.3, 0.4) is 0 Å². The number of rotatable bonds is 9. The molecule has 3 rings (SSSR count). The molecule has 2 aromatic rings. The van der Waals surface area contributed by atoms with Gasteiger partial charge in [-0.05, 0) is 56.2 Å². The smallest absolute Gasteiger partial charge is 0.257 e. The predicted octanol–water partition coefficient (Wildman–Crippen LogP) is 4.53. The normalized spacial score (nSPS) is 14.9. The van der Waals surface area contributed by atoms with Gasteiger partial charge in [-0.3, -0.25) is 4.79 Å². The Morgan fingerprint density at radius 2 is 1.83 bits per heavy atom. The fraction of sp³-hybridized carbons (Fsp3) is 0.542. The number of aryl methyl sites for hydroxylation is 2. The monoisotopic (exact) mass is 394 g/mol. The van der Waals surface area contributed by atoms with E-state index in [2.05, 4.69) is 46.1 Å². The summed E-state index contributed by atoms with van der Waals surface area (Å²) in [6.45, 7) is 5.98. The number of anilines is 1. The van der Waals surface area contributed by atoms with Crippen molar-refractivity contribution in [3.8, 4) is 5.75 Å². The van der Waals surface area contributed by atoms with E-state index in [1.165, 1.54) is 43.4 Å². The molecule has 5 nitrogen and oxygen atoms in total. The summed E-state index contributed by atoms with van der Waals surface area (Å²) in [5.74, 6) is 0.962. The molecule has 29 heavy (non-hydrogen) atoms. The minimum absolute atomic E-state index is 0.0280. The summed E-state index contributed by atoms with van der Waals surface area (Å²) in [5.41, 5.74) is 3.15. The van der Waals surface area contributed by atoms with Crippen molar-refractivity contribution in [3.63, 3.8) is 0 Å². The van der Waals surface area contributed by atoms with Gasteiger partial charge in [0.25, 0.3) is 6.29 Å². The van der Waals surface area contributed by atoms with E-state index in [-0.39, 0.29) is 11.4 Å². The summed E-state index contributed by atoms with van der Waals surface area (Å²) in [4.78, 5) is 21.9. The molecule has 1 aliphatic heterocycles. The first-order valence-corrected chi connectivity index (χ1v) is 10.9. The summed E-state index contributed by atoms with van der Waals surface area (Å²) in [7, 11) is 0. The van der Waals surface area contributed by atoms with Gasteiger partial charge in [0.15, 0.2) is 11.4 Å². The van der Waals surface area contributed by atoms with Gasteiger partial charge in [-0.25, -0.2) is 9.97 Å². The summed E-state index contributed by atoms with van der Waals surface area (Å²) in [5, 5.41) is 9.79. The van der Waals surface area contributed by atoms with Gasteiger partial charge in [0.05, 0.1) is 5.69 Å². The van der Waals surface area contributed by atoms with Crippen molar-refractivity contribution >= 4 is 12.0 Å². The maximum atomic E-state index is 11.0. The van der Waals surface area contributed by atoms with Crippen LogP contribution in [0.4, 0.5) is 5.69 Å². The Morgan fingerprint density at radius 3 is 2.48 bits per heavy atom. The SMILES string of the molecule is CCCCCCc1ccc(N2CCC(Cc3nc(C)c(O)c([C]=O)n3)CC2)cc1. The number of aromatic nitrogens is 2. The van der Waals surface area contributed by atoms with E-state index in [0.717, 1.165) is 32.4 Å². The summed E-state index contributed by atoms with van der Waals surface area (Å²) in [6.07, 6.45) is 11.0. The molecule has 1 aromatic carbocycles. The molecular weight excluding hydrogens is 362 g/mol. The lowest BCUT2D eigenvalue weighted by Gasteiger charge is -2.33. The van der Waals surface area contributed by atoms with E-state index in [1.807, 2.05) is 0 Å². The quantitative estimate of drug-likeness (QED) is 0.633. The second kappa shape index (κ2) is 10.4. The number of piperidine rings is 1. The third kappa shape index (κ3) is 5.78. The van der Waals surface area contributed by atoms with Gasteiger partial charge in [0.2, 0.25) is 0 Å². The van der Waals surface area contributed by atoms with E-state index in [0.29, 0.717) is 17.4 Å². The van der Waals surface area contributed by atoms with Gasteiger partial charge >= 0.3 is 0 Å². The third-order valence-corrected chi connectivity index (χ3v) is 5.91. The molecular formula is C24H32N3O2. The van der Waals surface area contributed by atoms with E-state index in [4.69, 9.17) is 0 Å². The van der Waals surface area contributed by atoms with Crippen LogP contribution in [0.1, 0.15) is 68.2 Å². The fourth-order valence-electron chi connectivity index (χ4n) is 4.07. The number of carbonyl (C=O) groups excluding carboxylic acids is 1. The maximum absolute atomic E-state index is 11.0. The average Bonchev–Trinajstić information content (AvgIpc) is 2.75. The number of nitrogens with zero attached hydrogens (tertiary/aromatic N) is 3. The lowest BCUT2D eigenvalue weighted by atomic mass is 9.92. The molecule has 1 aliphatic rings. The summed E-state index contributed by atoms with van der Waals surface area (Å²) >= 11 is 0. The number of unbranched alkanes of at least 4 members (excludes halogenated alkanes) is 3. The summed E-state index contributed by atoms with van der Waals surface area (Å²) < 4.78 is 0. The predicted molar refractivity (Wildman–Crippen MR) is 116 cm³/mol. The van der Waals surface area contributed by atoms with Crippen LogP contribution in [0.2, 0.25) is 0 Å². The molecule has 1 radical (unpaired) electrons. The Balaban J connectivity index is 1.50. The zero-order chi connectivity index (χ0) is 20.6. The van der Waals surface area contributed by atoms with Crippen molar-refractivity contribution in [3.05, 3.63) is 47.0 Å². The molecule has 0 bridgehead atoms. The Bertz CT molecular complexity index is 797. The van der Waals surface area contributed by atoms with Gasteiger partial charge in [-0.15, -0.1) is 0 Å². The Kier molecular flexibility index (Phi) is 7.62. The zero-order valence-electron chi connectivity index (χ0n) is 17.7. The number of aromatic hydroxyl groups is 1. The number of benzene rings is 1. The van der Waals surface area contributed by atoms with Crippen LogP contribution in [0.25, 0.3) is 0 Å². The lowest BCUT2D eigenvalue weighted by molar-refractivity contribution is 0.394. The summed E-state index contributed by atoms with van der Waals surface area (Å²) in [6, 6.07) is 9.07. The van der Waals surface area contributed by atoms with Crippen molar-refractivity contribution in [2.24, 2.45) is 5.92 Å². The van der Waals surface area contributed by atoms with Crippen molar-refractivity contribution < 1.29 is 9.90 Å². The number of hydrogen-bond acceptors (Lipinski definition) is 5.